The number of benzene rings is 1. The number of nitrogens with one attached hydrogen (secondary N) is 1. The van der Waals surface area contributed by atoms with E-state index in [4.69, 9.17) is 9.94 Å². The number of ether oxygens (including phenoxy) is 1. The minimum Gasteiger partial charge on any atom is -0.489 e. The Morgan fingerprint density at radius 2 is 2.24 bits per heavy atom. The fraction of sp³-hybridized carbons (Fsp3) is 0.412. The minimum atomic E-state index is -1.52. The summed E-state index contributed by atoms with van der Waals surface area (Å²) in [7, 11) is -1.52. The fourth-order valence-corrected chi connectivity index (χ4v) is 5.46. The summed E-state index contributed by atoms with van der Waals surface area (Å²) >= 11 is 1.62. The number of rotatable bonds is 6. The summed E-state index contributed by atoms with van der Waals surface area (Å²) in [5, 5.41) is 9.07. The van der Waals surface area contributed by atoms with Crippen LogP contribution >= 0.6 is 11.8 Å². The van der Waals surface area contributed by atoms with Crippen LogP contribution in [0.15, 0.2) is 47.5 Å². The second kappa shape index (κ2) is 8.69. The maximum atomic E-state index is 13.0. The standard InChI is InChI=1S/C17H22N2O4S2/c1-4-5-11-23-13-6-8-14(9-7-13)25(22)19-10-12-24-17(2,3)15(19)16(20)18-21/h5-9,15,21H,1,10-12H2,2-3H3,(H,18,20). The molecule has 1 aliphatic rings. The molecular weight excluding hydrogens is 360 g/mol. The third-order valence-corrected chi connectivity index (χ3v) is 6.66. The molecule has 0 bridgehead atoms. The Hall–Kier alpha value is -1.57. The number of carbonyl (C=O) groups is 1. The number of thioether (sulfide) groups is 1. The third kappa shape index (κ3) is 4.74. The highest BCUT2D eigenvalue weighted by Gasteiger charge is 2.45. The summed E-state index contributed by atoms with van der Waals surface area (Å²) < 4.78 is 19.6. The number of amides is 1. The molecule has 2 atom stereocenters. The van der Waals surface area contributed by atoms with Crippen LogP contribution in [0.25, 0.3) is 0 Å². The van der Waals surface area contributed by atoms with Crippen LogP contribution in [0, 0.1) is 0 Å². The zero-order chi connectivity index (χ0) is 18.4. The lowest BCUT2D eigenvalue weighted by molar-refractivity contribution is -0.134. The lowest BCUT2D eigenvalue weighted by atomic mass is 10.0. The molecule has 2 unspecified atom stereocenters. The van der Waals surface area contributed by atoms with Crippen LogP contribution < -0.4 is 10.2 Å². The number of hydrogen-bond acceptors (Lipinski definition) is 5. The topological polar surface area (TPSA) is 78.9 Å². The van der Waals surface area contributed by atoms with Gasteiger partial charge in [-0.05, 0) is 44.2 Å². The van der Waals surface area contributed by atoms with Gasteiger partial charge in [0.15, 0.2) is 0 Å². The van der Waals surface area contributed by atoms with E-state index in [1.165, 1.54) is 0 Å². The predicted molar refractivity (Wildman–Crippen MR) is 99.0 cm³/mol. The zero-order valence-electron chi connectivity index (χ0n) is 14.2. The molecule has 0 radical (unpaired) electrons. The van der Waals surface area contributed by atoms with E-state index in [9.17, 15) is 9.00 Å². The lowest BCUT2D eigenvalue weighted by Gasteiger charge is -2.43. The molecule has 8 heteroatoms. The molecule has 1 fully saturated rings. The summed E-state index contributed by atoms with van der Waals surface area (Å²) in [6, 6.07) is 6.19. The largest absolute Gasteiger partial charge is 0.489 e. The smallest absolute Gasteiger partial charge is 0.263 e. The highest BCUT2D eigenvalue weighted by molar-refractivity contribution is 8.00. The van der Waals surface area contributed by atoms with E-state index in [1.54, 1.807) is 51.9 Å². The Kier molecular flexibility index (Phi) is 6.87. The van der Waals surface area contributed by atoms with E-state index < -0.39 is 27.7 Å². The van der Waals surface area contributed by atoms with Gasteiger partial charge in [0.1, 0.15) is 29.4 Å². The van der Waals surface area contributed by atoms with Crippen molar-refractivity contribution in [1.29, 1.82) is 0 Å². The summed E-state index contributed by atoms with van der Waals surface area (Å²) in [5.74, 6) is 0.844. The third-order valence-electron chi connectivity index (χ3n) is 3.81. The van der Waals surface area contributed by atoms with Crippen LogP contribution in [0.4, 0.5) is 0 Å². The summed E-state index contributed by atoms with van der Waals surface area (Å²) in [6.07, 6.45) is 1.66. The monoisotopic (exact) mass is 382 g/mol. The molecule has 0 aromatic heterocycles. The van der Waals surface area contributed by atoms with Gasteiger partial charge in [-0.25, -0.2) is 14.0 Å². The van der Waals surface area contributed by atoms with Crippen LogP contribution in [0.3, 0.4) is 0 Å². The van der Waals surface area contributed by atoms with Gasteiger partial charge in [-0.15, -0.1) is 5.73 Å². The van der Waals surface area contributed by atoms with Crippen molar-refractivity contribution >= 4 is 28.7 Å². The highest BCUT2D eigenvalue weighted by Crippen LogP contribution is 2.37. The molecule has 1 aromatic rings. The molecule has 2 rings (SSSR count). The molecule has 0 spiro atoms. The van der Waals surface area contributed by atoms with E-state index in [-0.39, 0.29) is 0 Å². The average molecular weight is 383 g/mol. The SMILES string of the molecule is C=C=CCOc1ccc(S(=O)N2CCSC(C)(C)C2C(=O)NO)cc1. The quantitative estimate of drug-likeness (QED) is 0.448. The van der Waals surface area contributed by atoms with Gasteiger partial charge in [0.05, 0.1) is 4.90 Å². The van der Waals surface area contributed by atoms with Crippen molar-refractivity contribution in [3.05, 3.63) is 42.7 Å². The first kappa shape index (κ1) is 19.8. The van der Waals surface area contributed by atoms with Gasteiger partial charge in [-0.2, -0.15) is 11.8 Å². The molecule has 1 heterocycles. The van der Waals surface area contributed by atoms with Gasteiger partial charge >= 0.3 is 0 Å². The number of carbonyl (C=O) groups excluding carboxylic acids is 1. The van der Waals surface area contributed by atoms with Gasteiger partial charge in [0.2, 0.25) is 0 Å². The molecule has 6 nitrogen and oxygen atoms in total. The summed E-state index contributed by atoms with van der Waals surface area (Å²) in [5.41, 5.74) is 4.33. The lowest BCUT2D eigenvalue weighted by Crippen LogP contribution is -2.59. The number of nitrogens with zero attached hydrogens (tertiary/aromatic N) is 1. The molecule has 1 aromatic carbocycles. The first-order valence-corrected chi connectivity index (χ1v) is 9.83. The molecule has 0 saturated carbocycles. The maximum Gasteiger partial charge on any atom is 0.263 e. The van der Waals surface area contributed by atoms with E-state index in [1.807, 2.05) is 13.8 Å². The van der Waals surface area contributed by atoms with Crippen molar-refractivity contribution in [2.24, 2.45) is 0 Å². The Morgan fingerprint density at radius 3 is 2.84 bits per heavy atom. The molecule has 1 saturated heterocycles. The second-order valence-electron chi connectivity index (χ2n) is 5.91. The summed E-state index contributed by atoms with van der Waals surface area (Å²) in [6.45, 7) is 8.13. The van der Waals surface area contributed by atoms with Gasteiger partial charge in [-0.1, -0.05) is 6.58 Å². The molecule has 2 N–H and O–H groups in total. The normalized spacial score (nSPS) is 21.0. The van der Waals surface area contributed by atoms with Crippen LogP contribution in [0.1, 0.15) is 13.8 Å². The van der Waals surface area contributed by atoms with Gasteiger partial charge < -0.3 is 4.74 Å². The molecule has 0 aliphatic carbocycles. The molecular formula is C17H22N2O4S2. The Labute approximate surface area is 154 Å². The average Bonchev–Trinajstić information content (AvgIpc) is 2.60. The summed E-state index contributed by atoms with van der Waals surface area (Å²) in [4.78, 5) is 12.7. The van der Waals surface area contributed by atoms with E-state index in [2.05, 4.69) is 12.3 Å². The molecule has 1 amide bonds. The Bertz CT molecular complexity index is 684. The Morgan fingerprint density at radius 1 is 1.56 bits per heavy atom. The van der Waals surface area contributed by atoms with E-state index >= 15 is 0 Å². The van der Waals surface area contributed by atoms with Crippen molar-refractivity contribution < 1.29 is 18.9 Å². The van der Waals surface area contributed by atoms with Crippen molar-refractivity contribution in [3.8, 4) is 5.75 Å². The molecule has 25 heavy (non-hydrogen) atoms. The van der Waals surface area contributed by atoms with Crippen LogP contribution in [-0.2, 0) is 15.8 Å². The Balaban J connectivity index is 2.19. The maximum absolute atomic E-state index is 13.0. The number of hydroxylamine groups is 1. The first-order valence-electron chi connectivity index (χ1n) is 7.74. The van der Waals surface area contributed by atoms with Gasteiger partial charge in [0.25, 0.3) is 5.91 Å². The highest BCUT2D eigenvalue weighted by atomic mass is 32.2. The van der Waals surface area contributed by atoms with Crippen LogP contribution in [0.5, 0.6) is 5.75 Å². The molecule has 136 valence electrons. The van der Waals surface area contributed by atoms with Crippen molar-refractivity contribution in [2.45, 2.75) is 29.5 Å². The van der Waals surface area contributed by atoms with Gasteiger partial charge in [-0.3, -0.25) is 10.0 Å². The van der Waals surface area contributed by atoms with E-state index in [0.717, 1.165) is 5.75 Å². The molecule has 1 aliphatic heterocycles. The fourth-order valence-electron chi connectivity index (χ4n) is 2.62. The van der Waals surface area contributed by atoms with Gasteiger partial charge in [0, 0.05) is 17.0 Å². The van der Waals surface area contributed by atoms with E-state index in [0.29, 0.717) is 23.8 Å². The minimum absolute atomic E-state index is 0.363. The van der Waals surface area contributed by atoms with Crippen molar-refractivity contribution in [2.75, 3.05) is 18.9 Å². The second-order valence-corrected chi connectivity index (χ2v) is 9.10. The van der Waals surface area contributed by atoms with Crippen LogP contribution in [0.2, 0.25) is 0 Å². The first-order chi connectivity index (χ1) is 11.9. The van der Waals surface area contributed by atoms with Crippen molar-refractivity contribution in [3.63, 3.8) is 0 Å². The number of hydrogen-bond donors (Lipinski definition) is 2. The zero-order valence-corrected chi connectivity index (χ0v) is 15.9. The van der Waals surface area contributed by atoms with Crippen molar-refractivity contribution in [1.82, 2.24) is 9.79 Å². The van der Waals surface area contributed by atoms with Crippen LogP contribution in [-0.4, -0.2) is 49.3 Å². The predicted octanol–water partition coefficient (Wildman–Crippen LogP) is 2.13.